The van der Waals surface area contributed by atoms with Crippen molar-refractivity contribution in [3.63, 3.8) is 0 Å². The Labute approximate surface area is 192 Å². The molecule has 0 saturated carbocycles. The number of aryl methyl sites for hydroxylation is 1. The molecule has 0 fully saturated rings. The fraction of sp³-hybridized carbons (Fsp3) is 0.379. The van der Waals surface area contributed by atoms with Crippen molar-refractivity contribution in [1.82, 2.24) is 4.90 Å². The summed E-state index contributed by atoms with van der Waals surface area (Å²) in [6.07, 6.45) is 2.96. The first-order valence-electron chi connectivity index (χ1n) is 11.7. The molecule has 0 unspecified atom stereocenters. The number of nitrogens with zero attached hydrogens (tertiary/aromatic N) is 1. The fourth-order valence-electron chi connectivity index (χ4n) is 4.88. The molecule has 1 aliphatic carbocycles. The smallest absolute Gasteiger partial charge is 0.119 e. The molecular weight excluding hydrogens is 394 g/mol. The van der Waals surface area contributed by atoms with Gasteiger partial charge in [-0.1, -0.05) is 80.6 Å². The van der Waals surface area contributed by atoms with Crippen molar-refractivity contribution < 1.29 is 9.84 Å². The van der Waals surface area contributed by atoms with E-state index in [0.717, 1.165) is 18.6 Å². The Hall–Kier alpha value is -2.62. The highest BCUT2D eigenvalue weighted by molar-refractivity contribution is 5.40. The highest BCUT2D eigenvalue weighted by atomic mass is 16.5. The van der Waals surface area contributed by atoms with Gasteiger partial charge in [0.1, 0.15) is 18.5 Å². The zero-order valence-corrected chi connectivity index (χ0v) is 19.5. The quantitative estimate of drug-likeness (QED) is 0.494. The Morgan fingerprint density at radius 3 is 2.34 bits per heavy atom. The molecule has 0 amide bonds. The summed E-state index contributed by atoms with van der Waals surface area (Å²) < 4.78 is 5.92. The molecule has 1 aliphatic rings. The molecule has 0 spiro atoms. The van der Waals surface area contributed by atoms with Crippen molar-refractivity contribution in [3.8, 4) is 5.75 Å². The molecule has 0 radical (unpaired) electrons. The number of benzene rings is 3. The second-order valence-electron chi connectivity index (χ2n) is 9.53. The van der Waals surface area contributed by atoms with Crippen LogP contribution < -0.4 is 4.74 Å². The molecule has 0 saturated heterocycles. The molecule has 0 bridgehead atoms. The molecule has 3 aromatic rings. The van der Waals surface area contributed by atoms with E-state index in [2.05, 4.69) is 86.5 Å². The van der Waals surface area contributed by atoms with Crippen LogP contribution >= 0.6 is 0 Å². The number of likely N-dealkylation sites (N-methyl/N-ethyl adjacent to an activating group) is 1. The van der Waals surface area contributed by atoms with E-state index in [1.165, 1.54) is 28.7 Å². The maximum atomic E-state index is 10.6. The van der Waals surface area contributed by atoms with Gasteiger partial charge in [-0.2, -0.15) is 0 Å². The summed E-state index contributed by atoms with van der Waals surface area (Å²) in [5.41, 5.74) is 5.31. The number of fused-ring (bicyclic) bond motifs is 1. The van der Waals surface area contributed by atoms with Crippen LogP contribution in [0.5, 0.6) is 5.75 Å². The summed E-state index contributed by atoms with van der Waals surface area (Å²) in [6.45, 7) is 5.36. The Bertz CT molecular complexity index is 997. The zero-order chi connectivity index (χ0) is 22.6. The zero-order valence-electron chi connectivity index (χ0n) is 19.5. The molecule has 168 valence electrons. The van der Waals surface area contributed by atoms with E-state index >= 15 is 0 Å². The normalized spacial score (nSPS) is 17.1. The van der Waals surface area contributed by atoms with E-state index in [4.69, 9.17) is 4.74 Å². The lowest BCUT2D eigenvalue weighted by atomic mass is 9.78. The average Bonchev–Trinajstić information content (AvgIpc) is 2.83. The Morgan fingerprint density at radius 1 is 0.938 bits per heavy atom. The van der Waals surface area contributed by atoms with Crippen LogP contribution in [0, 0.1) is 0 Å². The Morgan fingerprint density at radius 2 is 1.59 bits per heavy atom. The van der Waals surface area contributed by atoms with E-state index in [-0.39, 0.29) is 5.41 Å². The van der Waals surface area contributed by atoms with Crippen LogP contribution in [0.15, 0.2) is 78.9 Å². The molecule has 0 heterocycles. The number of hydrogen-bond donors (Lipinski definition) is 1. The summed E-state index contributed by atoms with van der Waals surface area (Å²) in [5, 5.41) is 10.6. The lowest BCUT2D eigenvalue weighted by molar-refractivity contribution is 0.0598. The standard InChI is InChI=1S/C29H35NO2/c1-29(2,23-12-5-4-6-13-23)24-16-18-26(19-17-24)32-21-25(31)20-30(3)28-15-9-11-22-10-7-8-14-27(22)28/h4-8,10,12-14,16-19,25,28,31H,9,11,15,20-21H2,1-3H3/t25-,28-/m0/s1. The van der Waals surface area contributed by atoms with Crippen LogP contribution in [0.4, 0.5) is 0 Å². The third kappa shape index (κ3) is 5.06. The molecule has 2 atom stereocenters. The Balaban J connectivity index is 1.32. The lowest BCUT2D eigenvalue weighted by Gasteiger charge is -2.34. The first-order chi connectivity index (χ1) is 15.4. The van der Waals surface area contributed by atoms with E-state index in [0.29, 0.717) is 19.2 Å². The number of hydrogen-bond acceptors (Lipinski definition) is 3. The second kappa shape index (κ2) is 9.89. The minimum absolute atomic E-state index is 0.0711. The van der Waals surface area contributed by atoms with Gasteiger partial charge in [0.15, 0.2) is 0 Å². The fourth-order valence-corrected chi connectivity index (χ4v) is 4.88. The topological polar surface area (TPSA) is 32.7 Å². The largest absolute Gasteiger partial charge is 0.491 e. The SMILES string of the molecule is CN(C[C@H](O)COc1ccc(C(C)(C)c2ccccc2)cc1)[C@H]1CCCc2ccccc21. The van der Waals surface area contributed by atoms with E-state index < -0.39 is 6.10 Å². The van der Waals surface area contributed by atoms with E-state index in [1.807, 2.05) is 18.2 Å². The predicted octanol–water partition coefficient (Wildman–Crippen LogP) is 5.76. The number of aliphatic hydroxyl groups excluding tert-OH is 1. The molecule has 0 aliphatic heterocycles. The van der Waals surface area contributed by atoms with Crippen LogP contribution in [0.1, 0.15) is 55.0 Å². The van der Waals surface area contributed by atoms with Gasteiger partial charge in [-0.15, -0.1) is 0 Å². The molecule has 3 aromatic carbocycles. The highest BCUT2D eigenvalue weighted by Gasteiger charge is 2.25. The van der Waals surface area contributed by atoms with Crippen LogP contribution in [-0.4, -0.2) is 36.3 Å². The van der Waals surface area contributed by atoms with E-state index in [9.17, 15) is 5.11 Å². The monoisotopic (exact) mass is 429 g/mol. The molecule has 3 nitrogen and oxygen atoms in total. The first-order valence-corrected chi connectivity index (χ1v) is 11.7. The molecule has 1 N–H and O–H groups in total. The van der Waals surface area contributed by atoms with Gasteiger partial charge < -0.3 is 9.84 Å². The van der Waals surface area contributed by atoms with Gasteiger partial charge in [-0.3, -0.25) is 4.90 Å². The molecule has 4 rings (SSSR count). The summed E-state index contributed by atoms with van der Waals surface area (Å²) in [7, 11) is 2.11. The van der Waals surface area contributed by atoms with Gasteiger partial charge in [0.2, 0.25) is 0 Å². The van der Waals surface area contributed by atoms with Crippen molar-refractivity contribution in [3.05, 3.63) is 101 Å². The minimum atomic E-state index is -0.533. The van der Waals surface area contributed by atoms with Crippen LogP contribution in [0.3, 0.4) is 0 Å². The van der Waals surface area contributed by atoms with Crippen LogP contribution in [0.2, 0.25) is 0 Å². The summed E-state index contributed by atoms with van der Waals surface area (Å²) in [6, 6.07) is 27.9. The summed E-state index contributed by atoms with van der Waals surface area (Å²) in [4.78, 5) is 2.28. The highest BCUT2D eigenvalue weighted by Crippen LogP contribution is 2.34. The molecule has 32 heavy (non-hydrogen) atoms. The van der Waals surface area contributed by atoms with Gasteiger partial charge in [-0.05, 0) is 60.7 Å². The maximum absolute atomic E-state index is 10.6. The number of rotatable bonds is 8. The third-order valence-electron chi connectivity index (χ3n) is 6.88. The number of ether oxygens (including phenoxy) is 1. The summed E-state index contributed by atoms with van der Waals surface area (Å²) in [5.74, 6) is 0.794. The lowest BCUT2D eigenvalue weighted by Crippen LogP contribution is -2.36. The van der Waals surface area contributed by atoms with Gasteiger partial charge in [0.25, 0.3) is 0 Å². The van der Waals surface area contributed by atoms with Crippen molar-refractivity contribution in [2.45, 2.75) is 50.7 Å². The third-order valence-corrected chi connectivity index (χ3v) is 6.88. The minimum Gasteiger partial charge on any atom is -0.491 e. The van der Waals surface area contributed by atoms with Crippen molar-refractivity contribution in [2.75, 3.05) is 20.2 Å². The Kier molecular flexibility index (Phi) is 6.98. The summed E-state index contributed by atoms with van der Waals surface area (Å²) >= 11 is 0. The van der Waals surface area contributed by atoms with Crippen LogP contribution in [0.25, 0.3) is 0 Å². The molecular formula is C29H35NO2. The van der Waals surface area contributed by atoms with E-state index in [1.54, 1.807) is 0 Å². The van der Waals surface area contributed by atoms with Crippen LogP contribution in [-0.2, 0) is 11.8 Å². The molecule has 3 heteroatoms. The van der Waals surface area contributed by atoms with Gasteiger partial charge in [0.05, 0.1) is 0 Å². The van der Waals surface area contributed by atoms with Gasteiger partial charge >= 0.3 is 0 Å². The second-order valence-corrected chi connectivity index (χ2v) is 9.53. The first kappa shape index (κ1) is 22.6. The van der Waals surface area contributed by atoms with Gasteiger partial charge in [-0.25, -0.2) is 0 Å². The van der Waals surface area contributed by atoms with Crippen molar-refractivity contribution in [2.24, 2.45) is 0 Å². The predicted molar refractivity (Wildman–Crippen MR) is 131 cm³/mol. The van der Waals surface area contributed by atoms with Gasteiger partial charge in [0, 0.05) is 18.0 Å². The maximum Gasteiger partial charge on any atom is 0.119 e. The van der Waals surface area contributed by atoms with Crippen molar-refractivity contribution in [1.29, 1.82) is 0 Å². The molecule has 0 aromatic heterocycles. The van der Waals surface area contributed by atoms with Crippen molar-refractivity contribution >= 4 is 0 Å². The average molecular weight is 430 g/mol. The number of aliphatic hydroxyl groups is 1.